The molecule has 0 fully saturated rings. The molecule has 2 heterocycles. The van der Waals surface area contributed by atoms with Gasteiger partial charge in [-0.05, 0) is 49.6 Å². The number of rotatable bonds is 8. The zero-order valence-corrected chi connectivity index (χ0v) is 17.7. The summed E-state index contributed by atoms with van der Waals surface area (Å²) in [5.41, 5.74) is 3.00. The van der Waals surface area contributed by atoms with E-state index in [-0.39, 0.29) is 17.9 Å². The number of nitrogens with zero attached hydrogens (tertiary/aromatic N) is 3. The highest BCUT2D eigenvalue weighted by molar-refractivity contribution is 5.93. The third-order valence-corrected chi connectivity index (χ3v) is 5.23. The topological polar surface area (TPSA) is 67.2 Å². The van der Waals surface area contributed by atoms with E-state index in [4.69, 9.17) is 0 Å². The maximum Gasteiger partial charge on any atom is 0.272 e. The maximum atomic E-state index is 13.0. The number of likely N-dealkylation sites (N-methyl/N-ethyl adjacent to an activating group) is 1. The number of aryl methyl sites for hydroxylation is 2. The molecule has 6 nitrogen and oxygen atoms in total. The predicted molar refractivity (Wildman–Crippen MR) is 117 cm³/mol. The van der Waals surface area contributed by atoms with Crippen LogP contribution in [0.3, 0.4) is 0 Å². The monoisotopic (exact) mass is 404 g/mol. The van der Waals surface area contributed by atoms with E-state index in [0.29, 0.717) is 30.8 Å². The third kappa shape index (κ3) is 5.35. The van der Waals surface area contributed by atoms with Crippen molar-refractivity contribution in [2.24, 2.45) is 7.05 Å². The summed E-state index contributed by atoms with van der Waals surface area (Å²) in [5.74, 6) is -0.233. The lowest BCUT2D eigenvalue weighted by Gasteiger charge is -2.28. The van der Waals surface area contributed by atoms with Crippen molar-refractivity contribution in [3.8, 4) is 0 Å². The second-order valence-corrected chi connectivity index (χ2v) is 7.47. The van der Waals surface area contributed by atoms with Crippen LogP contribution in [0.4, 0.5) is 0 Å². The minimum absolute atomic E-state index is 0.0732. The number of aromatic nitrogens is 2. The van der Waals surface area contributed by atoms with E-state index in [1.807, 2.05) is 56.6 Å². The molecule has 0 aliphatic carbocycles. The molecule has 0 aliphatic rings. The molecular formula is C24H28N4O2. The number of benzene rings is 1. The SMILES string of the molecule is Cc1cccc(C(=O)N(C)[C@H](CCNC(=O)c2cccn2C)Cc2ccccc2)n1. The summed E-state index contributed by atoms with van der Waals surface area (Å²) in [4.78, 5) is 31.5. The number of hydrogen-bond donors (Lipinski definition) is 1. The highest BCUT2D eigenvalue weighted by Gasteiger charge is 2.23. The van der Waals surface area contributed by atoms with Gasteiger partial charge in [-0.25, -0.2) is 4.98 Å². The zero-order chi connectivity index (χ0) is 21.5. The zero-order valence-electron chi connectivity index (χ0n) is 17.7. The van der Waals surface area contributed by atoms with Gasteiger partial charge in [-0.1, -0.05) is 36.4 Å². The molecule has 6 heteroatoms. The molecule has 0 bridgehead atoms. The van der Waals surface area contributed by atoms with Crippen LogP contribution >= 0.6 is 0 Å². The van der Waals surface area contributed by atoms with Crippen LogP contribution in [0.15, 0.2) is 66.9 Å². The van der Waals surface area contributed by atoms with Crippen LogP contribution in [0.5, 0.6) is 0 Å². The Balaban J connectivity index is 1.70. The van der Waals surface area contributed by atoms with Gasteiger partial charge >= 0.3 is 0 Å². The summed E-state index contributed by atoms with van der Waals surface area (Å²) in [6.45, 7) is 2.34. The Bertz CT molecular complexity index is 997. The maximum absolute atomic E-state index is 13.0. The van der Waals surface area contributed by atoms with E-state index in [1.54, 1.807) is 28.6 Å². The summed E-state index contributed by atoms with van der Waals surface area (Å²) >= 11 is 0. The van der Waals surface area contributed by atoms with Gasteiger partial charge in [0.05, 0.1) is 0 Å². The van der Waals surface area contributed by atoms with Gasteiger partial charge in [0.1, 0.15) is 11.4 Å². The molecule has 1 aromatic carbocycles. The Kier molecular flexibility index (Phi) is 7.01. The normalized spacial score (nSPS) is 11.7. The van der Waals surface area contributed by atoms with Crippen LogP contribution < -0.4 is 5.32 Å². The molecule has 156 valence electrons. The highest BCUT2D eigenvalue weighted by Crippen LogP contribution is 2.14. The van der Waals surface area contributed by atoms with Gasteiger partial charge in [0.2, 0.25) is 0 Å². The summed E-state index contributed by atoms with van der Waals surface area (Å²) in [6, 6.07) is 19.1. The van der Waals surface area contributed by atoms with Crippen LogP contribution in [0.1, 0.15) is 38.7 Å². The fourth-order valence-corrected chi connectivity index (χ4v) is 3.47. The molecule has 3 aromatic rings. The fourth-order valence-electron chi connectivity index (χ4n) is 3.47. The van der Waals surface area contributed by atoms with Gasteiger partial charge in [-0.3, -0.25) is 9.59 Å². The number of carbonyl (C=O) groups excluding carboxylic acids is 2. The average molecular weight is 405 g/mol. The average Bonchev–Trinajstić information content (AvgIpc) is 3.18. The Labute approximate surface area is 177 Å². The van der Waals surface area contributed by atoms with E-state index in [2.05, 4.69) is 22.4 Å². The van der Waals surface area contributed by atoms with E-state index >= 15 is 0 Å². The smallest absolute Gasteiger partial charge is 0.272 e. The standard InChI is InChI=1S/C24H28N4O2/c1-18-9-7-12-21(26-18)24(30)28(3)20(17-19-10-5-4-6-11-19)14-15-25-23(29)22-13-8-16-27(22)2/h4-13,16,20H,14-15,17H2,1-3H3,(H,25,29)/t20-/m1/s1. The Morgan fingerprint density at radius 1 is 1.07 bits per heavy atom. The summed E-state index contributed by atoms with van der Waals surface area (Å²) < 4.78 is 1.79. The third-order valence-electron chi connectivity index (χ3n) is 5.23. The molecule has 2 aromatic heterocycles. The van der Waals surface area contributed by atoms with E-state index in [0.717, 1.165) is 11.3 Å². The molecule has 30 heavy (non-hydrogen) atoms. The van der Waals surface area contributed by atoms with Crippen LogP contribution in [-0.4, -0.2) is 45.9 Å². The molecule has 0 aliphatic heterocycles. The first-order valence-corrected chi connectivity index (χ1v) is 10.1. The van der Waals surface area contributed by atoms with E-state index < -0.39 is 0 Å². The van der Waals surface area contributed by atoms with Crippen molar-refractivity contribution in [3.05, 3.63) is 89.5 Å². The molecule has 0 radical (unpaired) electrons. The van der Waals surface area contributed by atoms with Crippen LogP contribution in [0, 0.1) is 6.92 Å². The van der Waals surface area contributed by atoms with Crippen molar-refractivity contribution in [3.63, 3.8) is 0 Å². The van der Waals surface area contributed by atoms with Crippen LogP contribution in [-0.2, 0) is 13.5 Å². The van der Waals surface area contributed by atoms with Gasteiger partial charge in [0.25, 0.3) is 11.8 Å². The molecule has 0 saturated heterocycles. The van der Waals surface area contributed by atoms with Crippen LogP contribution in [0.2, 0.25) is 0 Å². The largest absolute Gasteiger partial charge is 0.351 e. The predicted octanol–water partition coefficient (Wildman–Crippen LogP) is 3.23. The lowest BCUT2D eigenvalue weighted by atomic mass is 10.0. The summed E-state index contributed by atoms with van der Waals surface area (Å²) in [6.07, 6.45) is 3.18. The number of amides is 2. The van der Waals surface area contributed by atoms with Gasteiger partial charge in [-0.2, -0.15) is 0 Å². The van der Waals surface area contributed by atoms with Crippen LogP contribution in [0.25, 0.3) is 0 Å². The Morgan fingerprint density at radius 3 is 2.50 bits per heavy atom. The van der Waals surface area contributed by atoms with Crippen molar-refractivity contribution >= 4 is 11.8 Å². The molecule has 0 saturated carbocycles. The van der Waals surface area contributed by atoms with Gasteiger partial charge in [0, 0.05) is 38.6 Å². The quantitative estimate of drug-likeness (QED) is 0.627. The van der Waals surface area contributed by atoms with Crippen molar-refractivity contribution in [2.75, 3.05) is 13.6 Å². The molecule has 0 unspecified atom stereocenters. The molecule has 3 rings (SSSR count). The van der Waals surface area contributed by atoms with Crippen molar-refractivity contribution in [2.45, 2.75) is 25.8 Å². The summed E-state index contributed by atoms with van der Waals surface area (Å²) in [5, 5.41) is 2.97. The lowest BCUT2D eigenvalue weighted by Crippen LogP contribution is -2.41. The first-order valence-electron chi connectivity index (χ1n) is 10.1. The first kappa shape index (κ1) is 21.3. The Hall–Kier alpha value is -3.41. The van der Waals surface area contributed by atoms with E-state index in [1.165, 1.54) is 0 Å². The molecular weight excluding hydrogens is 376 g/mol. The minimum atomic E-state index is -0.117. The van der Waals surface area contributed by atoms with Gasteiger partial charge in [-0.15, -0.1) is 0 Å². The second-order valence-electron chi connectivity index (χ2n) is 7.47. The molecule has 1 atom stereocenters. The molecule has 1 N–H and O–H groups in total. The molecule has 0 spiro atoms. The number of hydrogen-bond acceptors (Lipinski definition) is 3. The number of nitrogens with one attached hydrogen (secondary N) is 1. The van der Waals surface area contributed by atoms with E-state index in [9.17, 15) is 9.59 Å². The minimum Gasteiger partial charge on any atom is -0.351 e. The molecule has 2 amide bonds. The highest BCUT2D eigenvalue weighted by atomic mass is 16.2. The first-order chi connectivity index (χ1) is 14.5. The van der Waals surface area contributed by atoms with Gasteiger partial charge < -0.3 is 14.8 Å². The fraction of sp³-hybridized carbons (Fsp3) is 0.292. The van der Waals surface area contributed by atoms with Crippen molar-refractivity contribution < 1.29 is 9.59 Å². The number of carbonyl (C=O) groups is 2. The Morgan fingerprint density at radius 2 is 1.83 bits per heavy atom. The van der Waals surface area contributed by atoms with Crippen molar-refractivity contribution in [1.82, 2.24) is 19.8 Å². The second kappa shape index (κ2) is 9.87. The lowest BCUT2D eigenvalue weighted by molar-refractivity contribution is 0.0716. The number of pyridine rings is 1. The van der Waals surface area contributed by atoms with Crippen molar-refractivity contribution in [1.29, 1.82) is 0 Å². The summed E-state index contributed by atoms with van der Waals surface area (Å²) in [7, 11) is 3.65. The van der Waals surface area contributed by atoms with Gasteiger partial charge in [0.15, 0.2) is 0 Å².